The molecule has 25 heavy (non-hydrogen) atoms. The smallest absolute Gasteiger partial charge is 0.222 e. The lowest BCUT2D eigenvalue weighted by atomic mass is 10.1. The second-order valence-corrected chi connectivity index (χ2v) is 6.94. The molecule has 0 aliphatic heterocycles. The fourth-order valence-corrected chi connectivity index (χ4v) is 3.60. The highest BCUT2D eigenvalue weighted by atomic mass is 32.1. The van der Waals surface area contributed by atoms with Gasteiger partial charge >= 0.3 is 0 Å². The summed E-state index contributed by atoms with van der Waals surface area (Å²) in [6.07, 6.45) is 0. The van der Waals surface area contributed by atoms with Crippen molar-refractivity contribution in [3.05, 3.63) is 46.3 Å². The largest absolute Gasteiger partial charge is 0.399 e. The summed E-state index contributed by atoms with van der Waals surface area (Å²) in [6.45, 7) is 4.56. The Labute approximate surface area is 148 Å². The second kappa shape index (κ2) is 5.82. The molecule has 1 aromatic carbocycles. The maximum Gasteiger partial charge on any atom is 0.222 e. The zero-order valence-electron chi connectivity index (χ0n) is 13.9. The van der Waals surface area contributed by atoms with Crippen LogP contribution >= 0.6 is 11.3 Å². The molecule has 0 fully saturated rings. The molecule has 4 rings (SSSR count). The minimum atomic E-state index is 0.214. The molecule has 4 N–H and O–H groups in total. The summed E-state index contributed by atoms with van der Waals surface area (Å²) in [5.41, 5.74) is 17.9. The molecule has 0 bridgehead atoms. The molecule has 0 radical (unpaired) electrons. The quantitative estimate of drug-likeness (QED) is 0.549. The number of aryl methyl sites for hydroxylation is 2. The van der Waals surface area contributed by atoms with Crippen LogP contribution in [0.2, 0.25) is 0 Å². The third-order valence-corrected chi connectivity index (χ3v) is 5.07. The van der Waals surface area contributed by atoms with Crippen molar-refractivity contribution >= 4 is 34.1 Å². The molecule has 0 unspecified atom stereocenters. The molecule has 7 nitrogen and oxygen atoms in total. The predicted molar refractivity (Wildman–Crippen MR) is 100 cm³/mol. The van der Waals surface area contributed by atoms with E-state index in [1.54, 1.807) is 16.0 Å². The minimum absolute atomic E-state index is 0.214. The summed E-state index contributed by atoms with van der Waals surface area (Å²) in [4.78, 5) is 9.73. The molecule has 4 aromatic rings. The molecule has 0 amide bonds. The van der Waals surface area contributed by atoms with Crippen LogP contribution in [0.4, 0.5) is 11.6 Å². The summed E-state index contributed by atoms with van der Waals surface area (Å²) in [5.74, 6) is 0.214. The lowest BCUT2D eigenvalue weighted by molar-refractivity contribution is 0.664. The summed E-state index contributed by atoms with van der Waals surface area (Å²) in [5, 5.41) is 10.6. The van der Waals surface area contributed by atoms with Crippen LogP contribution in [0.5, 0.6) is 0 Å². The van der Waals surface area contributed by atoms with Crippen LogP contribution in [0.3, 0.4) is 0 Å². The van der Waals surface area contributed by atoms with Crippen molar-refractivity contribution in [2.45, 2.75) is 20.4 Å². The molecule has 0 saturated heterocycles. The van der Waals surface area contributed by atoms with Gasteiger partial charge in [0.05, 0.1) is 11.4 Å². The van der Waals surface area contributed by atoms with E-state index in [4.69, 9.17) is 11.5 Å². The van der Waals surface area contributed by atoms with Gasteiger partial charge in [-0.2, -0.15) is 4.98 Å². The maximum atomic E-state index is 5.93. The van der Waals surface area contributed by atoms with Crippen LogP contribution in [0.15, 0.2) is 29.6 Å². The number of nitrogen functional groups attached to an aromatic ring is 2. The van der Waals surface area contributed by atoms with E-state index >= 15 is 0 Å². The van der Waals surface area contributed by atoms with Crippen molar-refractivity contribution < 1.29 is 0 Å². The number of nitrogens with zero attached hydrogens (tertiary/aromatic N) is 5. The van der Waals surface area contributed by atoms with Gasteiger partial charge in [-0.05, 0) is 48.1 Å². The van der Waals surface area contributed by atoms with Crippen LogP contribution in [0.25, 0.3) is 21.7 Å². The van der Waals surface area contributed by atoms with Gasteiger partial charge in [-0.1, -0.05) is 17.3 Å². The van der Waals surface area contributed by atoms with E-state index in [-0.39, 0.29) is 5.95 Å². The van der Waals surface area contributed by atoms with Crippen LogP contribution < -0.4 is 11.5 Å². The van der Waals surface area contributed by atoms with Crippen LogP contribution in [0, 0.1) is 13.8 Å². The molecule has 0 aliphatic carbocycles. The number of fused-ring (bicyclic) bond motifs is 1. The summed E-state index contributed by atoms with van der Waals surface area (Å²) in [7, 11) is 0. The van der Waals surface area contributed by atoms with Gasteiger partial charge in [0.2, 0.25) is 5.95 Å². The number of rotatable bonds is 3. The first-order valence-electron chi connectivity index (χ1n) is 7.78. The molecule has 3 heterocycles. The molecule has 0 aliphatic rings. The van der Waals surface area contributed by atoms with Crippen molar-refractivity contribution in [2.24, 2.45) is 0 Å². The lowest BCUT2D eigenvalue weighted by Gasteiger charge is -2.06. The van der Waals surface area contributed by atoms with Crippen LogP contribution in [-0.2, 0) is 6.54 Å². The normalized spacial score (nSPS) is 11.3. The highest BCUT2D eigenvalue weighted by Gasteiger charge is 2.16. The topological polar surface area (TPSA) is 109 Å². The van der Waals surface area contributed by atoms with Gasteiger partial charge in [0.25, 0.3) is 0 Å². The standard InChI is InChI=1S/C17H17N7S/c1-9-5-13(25-8-9)14-15-16(21-17(19)20-14)24(23-22-15)7-11-3-4-12(18)10(2)6-11/h3-6,8H,7,18H2,1-2H3,(H2,19,20,21). The van der Waals surface area contributed by atoms with E-state index in [2.05, 4.69) is 31.7 Å². The fourth-order valence-electron chi connectivity index (χ4n) is 2.72. The third-order valence-electron chi connectivity index (χ3n) is 4.01. The van der Waals surface area contributed by atoms with Gasteiger partial charge in [0.1, 0.15) is 5.69 Å². The number of hydrogen-bond donors (Lipinski definition) is 2. The van der Waals surface area contributed by atoms with E-state index in [1.807, 2.05) is 32.0 Å². The second-order valence-electron chi connectivity index (χ2n) is 6.03. The monoisotopic (exact) mass is 351 g/mol. The Morgan fingerprint density at radius 1 is 1.12 bits per heavy atom. The maximum absolute atomic E-state index is 5.93. The molecule has 126 valence electrons. The first-order chi connectivity index (χ1) is 12.0. The highest BCUT2D eigenvalue weighted by molar-refractivity contribution is 7.13. The fraction of sp³-hybridized carbons (Fsp3) is 0.176. The number of nitrogens with two attached hydrogens (primary N) is 2. The SMILES string of the molecule is Cc1csc(-c2nc(N)nc3c2nnn3Cc2ccc(N)c(C)c2)c1. The minimum Gasteiger partial charge on any atom is -0.399 e. The van der Waals surface area contributed by atoms with Crippen molar-refractivity contribution in [3.63, 3.8) is 0 Å². The highest BCUT2D eigenvalue weighted by Crippen LogP contribution is 2.30. The molecular weight excluding hydrogens is 334 g/mol. The Bertz CT molecular complexity index is 1080. The average Bonchev–Trinajstić information content (AvgIpc) is 3.17. The molecule has 3 aromatic heterocycles. The van der Waals surface area contributed by atoms with Gasteiger partial charge in [-0.3, -0.25) is 0 Å². The summed E-state index contributed by atoms with van der Waals surface area (Å²) < 4.78 is 1.74. The summed E-state index contributed by atoms with van der Waals surface area (Å²) >= 11 is 1.61. The number of aromatic nitrogens is 5. The number of thiophene rings is 1. The van der Waals surface area contributed by atoms with Gasteiger partial charge < -0.3 is 11.5 Å². The van der Waals surface area contributed by atoms with Gasteiger partial charge in [-0.15, -0.1) is 16.4 Å². The van der Waals surface area contributed by atoms with Gasteiger partial charge in [-0.25, -0.2) is 9.67 Å². The first kappa shape index (κ1) is 15.5. The molecule has 0 atom stereocenters. The van der Waals surface area contributed by atoms with E-state index in [9.17, 15) is 0 Å². The molecule has 0 spiro atoms. The van der Waals surface area contributed by atoms with Gasteiger partial charge in [0, 0.05) is 5.69 Å². The van der Waals surface area contributed by atoms with Crippen molar-refractivity contribution in [2.75, 3.05) is 11.5 Å². The number of benzene rings is 1. The third kappa shape index (κ3) is 2.80. The van der Waals surface area contributed by atoms with Gasteiger partial charge in [0.15, 0.2) is 11.2 Å². The van der Waals surface area contributed by atoms with Crippen LogP contribution in [-0.4, -0.2) is 25.0 Å². The van der Waals surface area contributed by atoms with E-state index in [1.165, 1.54) is 5.56 Å². The Kier molecular flexibility index (Phi) is 3.61. The average molecular weight is 351 g/mol. The first-order valence-corrected chi connectivity index (χ1v) is 8.66. The Hall–Kier alpha value is -3.00. The van der Waals surface area contributed by atoms with E-state index < -0.39 is 0 Å². The zero-order valence-corrected chi connectivity index (χ0v) is 14.7. The Morgan fingerprint density at radius 3 is 2.68 bits per heavy atom. The number of hydrogen-bond acceptors (Lipinski definition) is 7. The predicted octanol–water partition coefficient (Wildman–Crippen LogP) is 2.78. The molecule has 8 heteroatoms. The number of anilines is 2. The van der Waals surface area contributed by atoms with E-state index in [0.717, 1.165) is 27.4 Å². The zero-order chi connectivity index (χ0) is 17.6. The Balaban J connectivity index is 1.81. The van der Waals surface area contributed by atoms with Crippen molar-refractivity contribution in [3.8, 4) is 10.6 Å². The lowest BCUT2D eigenvalue weighted by Crippen LogP contribution is -2.05. The Morgan fingerprint density at radius 2 is 1.96 bits per heavy atom. The van der Waals surface area contributed by atoms with Crippen LogP contribution in [0.1, 0.15) is 16.7 Å². The van der Waals surface area contributed by atoms with E-state index in [0.29, 0.717) is 17.7 Å². The molecular formula is C17H17N7S. The molecule has 0 saturated carbocycles. The van der Waals surface area contributed by atoms with Crippen molar-refractivity contribution in [1.82, 2.24) is 25.0 Å². The summed E-state index contributed by atoms with van der Waals surface area (Å²) in [6, 6.07) is 7.97. The van der Waals surface area contributed by atoms with Crippen molar-refractivity contribution in [1.29, 1.82) is 0 Å².